The molecule has 0 saturated heterocycles. The summed E-state index contributed by atoms with van der Waals surface area (Å²) >= 11 is 0. The van der Waals surface area contributed by atoms with Crippen LogP contribution in [0.25, 0.3) is 0 Å². The number of carbonyl (C=O) groups excluding carboxylic acids is 1. The van der Waals surface area contributed by atoms with Gasteiger partial charge in [-0.3, -0.25) is 4.79 Å². The van der Waals surface area contributed by atoms with Crippen LogP contribution in [-0.4, -0.2) is 25.5 Å². The number of fused-ring (bicyclic) bond motifs is 1. The van der Waals surface area contributed by atoms with Crippen molar-refractivity contribution in [2.45, 2.75) is 6.92 Å². The van der Waals surface area contributed by atoms with Gasteiger partial charge in [0.25, 0.3) is 5.91 Å². The summed E-state index contributed by atoms with van der Waals surface area (Å²) in [6, 6.07) is 8.99. The van der Waals surface area contributed by atoms with Crippen LogP contribution < -0.4 is 20.2 Å². The van der Waals surface area contributed by atoms with Crippen molar-refractivity contribution in [1.29, 1.82) is 0 Å². The molecule has 7 heteroatoms. The predicted molar refractivity (Wildman–Crippen MR) is 80.2 cm³/mol. The first-order chi connectivity index (χ1) is 10.7. The summed E-state index contributed by atoms with van der Waals surface area (Å²) in [6.45, 7) is 2.15. The molecule has 0 atom stereocenters. The molecular weight excluding hydrogens is 286 g/mol. The van der Waals surface area contributed by atoms with Crippen LogP contribution in [0, 0.1) is 6.92 Å². The number of furan rings is 1. The van der Waals surface area contributed by atoms with Crippen molar-refractivity contribution in [3.05, 3.63) is 41.9 Å². The molecule has 22 heavy (non-hydrogen) atoms. The summed E-state index contributed by atoms with van der Waals surface area (Å²) in [5.74, 6) is 2.47. The minimum Gasteiger partial charge on any atom is -0.460 e. The smallest absolute Gasteiger partial charge is 0.259 e. The molecule has 114 valence electrons. The molecule has 2 N–H and O–H groups in total. The Bertz CT molecular complexity index is 709. The lowest BCUT2D eigenvalue weighted by molar-refractivity contribution is -0.119. The van der Waals surface area contributed by atoms with Gasteiger partial charge in [-0.05, 0) is 31.2 Å². The molecule has 1 aromatic carbocycles. The molecule has 0 fully saturated rings. The molecule has 2 heterocycles. The highest BCUT2D eigenvalue weighted by Crippen LogP contribution is 2.34. The maximum Gasteiger partial charge on any atom is 0.259 e. The van der Waals surface area contributed by atoms with Crippen molar-refractivity contribution in [2.75, 3.05) is 18.7 Å². The quantitative estimate of drug-likeness (QED) is 0.650. The normalized spacial score (nSPS) is 12.6. The van der Waals surface area contributed by atoms with E-state index in [2.05, 4.69) is 15.8 Å². The van der Waals surface area contributed by atoms with E-state index in [-0.39, 0.29) is 19.2 Å². The van der Waals surface area contributed by atoms with E-state index in [4.69, 9.17) is 13.9 Å². The maximum absolute atomic E-state index is 11.7. The lowest BCUT2D eigenvalue weighted by Crippen LogP contribution is -2.25. The van der Waals surface area contributed by atoms with Gasteiger partial charge in [0, 0.05) is 11.8 Å². The number of nitrogens with zero attached hydrogens (tertiary/aromatic N) is 1. The molecule has 2 aromatic rings. The zero-order valence-corrected chi connectivity index (χ0v) is 12.0. The van der Waals surface area contributed by atoms with E-state index in [1.807, 2.05) is 19.1 Å². The first-order valence-electron chi connectivity index (χ1n) is 6.72. The summed E-state index contributed by atoms with van der Waals surface area (Å²) in [6.07, 6.45) is 1.45. The minimum atomic E-state index is -0.266. The average Bonchev–Trinajstić information content (AvgIpc) is 3.13. The van der Waals surface area contributed by atoms with Gasteiger partial charge < -0.3 is 19.2 Å². The summed E-state index contributed by atoms with van der Waals surface area (Å²) in [7, 11) is 0. The van der Waals surface area contributed by atoms with Crippen LogP contribution in [0.1, 0.15) is 11.5 Å². The van der Waals surface area contributed by atoms with Crippen LogP contribution in [0.3, 0.4) is 0 Å². The van der Waals surface area contributed by atoms with E-state index >= 15 is 0 Å². The fraction of sp³-hybridized carbons (Fsp3) is 0.200. The summed E-state index contributed by atoms with van der Waals surface area (Å²) in [5.41, 5.74) is 3.18. The Labute approximate surface area is 126 Å². The Morgan fingerprint density at radius 1 is 1.27 bits per heavy atom. The highest BCUT2D eigenvalue weighted by atomic mass is 16.7. The second-order valence-electron chi connectivity index (χ2n) is 4.66. The zero-order valence-electron chi connectivity index (χ0n) is 12.0. The fourth-order valence-corrected chi connectivity index (χ4v) is 1.92. The van der Waals surface area contributed by atoms with Crippen LogP contribution >= 0.6 is 0 Å². The number of aryl methyl sites for hydroxylation is 1. The first-order valence-corrected chi connectivity index (χ1v) is 6.72. The molecule has 1 aliphatic rings. The molecular formula is C15H15N3O4. The first kappa shape index (κ1) is 14.0. The number of benzene rings is 1. The molecule has 7 nitrogen and oxygen atoms in total. The number of anilines is 1. The van der Waals surface area contributed by atoms with Gasteiger partial charge in [-0.15, -0.1) is 0 Å². The van der Waals surface area contributed by atoms with Crippen molar-refractivity contribution in [1.82, 2.24) is 5.43 Å². The SMILES string of the molecule is Cc1ccc(/C=N\NC(=O)CNc2ccc3c(c2)OCO3)o1. The Morgan fingerprint density at radius 2 is 2.14 bits per heavy atom. The van der Waals surface area contributed by atoms with Crippen molar-refractivity contribution >= 4 is 17.8 Å². The molecule has 0 saturated carbocycles. The minimum absolute atomic E-state index is 0.0914. The van der Waals surface area contributed by atoms with E-state index in [0.29, 0.717) is 17.3 Å². The third-order valence-electron chi connectivity index (χ3n) is 2.97. The summed E-state index contributed by atoms with van der Waals surface area (Å²) in [5, 5.41) is 6.80. The van der Waals surface area contributed by atoms with Crippen LogP contribution in [0.2, 0.25) is 0 Å². The fourth-order valence-electron chi connectivity index (χ4n) is 1.92. The van der Waals surface area contributed by atoms with E-state index in [9.17, 15) is 4.79 Å². The monoisotopic (exact) mass is 301 g/mol. The van der Waals surface area contributed by atoms with E-state index in [0.717, 1.165) is 11.4 Å². The van der Waals surface area contributed by atoms with Gasteiger partial charge in [-0.25, -0.2) is 5.43 Å². The largest absolute Gasteiger partial charge is 0.460 e. The van der Waals surface area contributed by atoms with Crippen molar-refractivity contribution in [3.63, 3.8) is 0 Å². The third kappa shape index (κ3) is 3.38. The maximum atomic E-state index is 11.7. The predicted octanol–water partition coefficient (Wildman–Crippen LogP) is 1.88. The number of hydrogen-bond acceptors (Lipinski definition) is 6. The van der Waals surface area contributed by atoms with Crippen LogP contribution in [0.5, 0.6) is 11.5 Å². The van der Waals surface area contributed by atoms with Crippen LogP contribution in [-0.2, 0) is 4.79 Å². The molecule has 3 rings (SSSR count). The summed E-state index contributed by atoms with van der Waals surface area (Å²) in [4.78, 5) is 11.7. The van der Waals surface area contributed by atoms with Crippen molar-refractivity contribution in [2.24, 2.45) is 5.10 Å². The van der Waals surface area contributed by atoms with E-state index in [1.54, 1.807) is 18.2 Å². The second kappa shape index (κ2) is 6.21. The lowest BCUT2D eigenvalue weighted by Gasteiger charge is -2.06. The molecule has 0 aliphatic carbocycles. The molecule has 0 radical (unpaired) electrons. The van der Waals surface area contributed by atoms with Crippen LogP contribution in [0.4, 0.5) is 5.69 Å². The van der Waals surface area contributed by atoms with E-state index < -0.39 is 0 Å². The molecule has 1 aliphatic heterocycles. The van der Waals surface area contributed by atoms with Crippen molar-refractivity contribution < 1.29 is 18.7 Å². The number of ether oxygens (including phenoxy) is 2. The highest BCUT2D eigenvalue weighted by molar-refractivity contribution is 5.83. The standard InChI is InChI=1S/C15H15N3O4/c1-10-2-4-12(22-10)7-17-18-15(19)8-16-11-3-5-13-14(6-11)21-9-20-13/h2-7,16H,8-9H2,1H3,(H,18,19)/b17-7-. The van der Waals surface area contributed by atoms with Gasteiger partial charge in [-0.1, -0.05) is 0 Å². The number of nitrogens with one attached hydrogen (secondary N) is 2. The molecule has 0 spiro atoms. The highest BCUT2D eigenvalue weighted by Gasteiger charge is 2.13. The number of amides is 1. The molecule has 0 bridgehead atoms. The zero-order chi connectivity index (χ0) is 15.4. The third-order valence-corrected chi connectivity index (χ3v) is 2.97. The van der Waals surface area contributed by atoms with Gasteiger partial charge in [0.15, 0.2) is 11.5 Å². The number of rotatable bonds is 5. The average molecular weight is 301 g/mol. The van der Waals surface area contributed by atoms with Gasteiger partial charge in [0.2, 0.25) is 6.79 Å². The van der Waals surface area contributed by atoms with Crippen LogP contribution in [0.15, 0.2) is 39.9 Å². The molecule has 1 amide bonds. The Balaban J connectivity index is 1.47. The van der Waals surface area contributed by atoms with Gasteiger partial charge >= 0.3 is 0 Å². The topological polar surface area (TPSA) is 85.1 Å². The second-order valence-corrected chi connectivity index (χ2v) is 4.66. The molecule has 0 unspecified atom stereocenters. The summed E-state index contributed by atoms with van der Waals surface area (Å²) < 4.78 is 15.8. The van der Waals surface area contributed by atoms with Gasteiger partial charge in [0.1, 0.15) is 11.5 Å². The van der Waals surface area contributed by atoms with E-state index in [1.165, 1.54) is 6.21 Å². The number of hydrazone groups is 1. The number of carbonyl (C=O) groups is 1. The van der Waals surface area contributed by atoms with Crippen molar-refractivity contribution in [3.8, 4) is 11.5 Å². The van der Waals surface area contributed by atoms with Gasteiger partial charge in [0.05, 0.1) is 12.8 Å². The Morgan fingerprint density at radius 3 is 2.95 bits per heavy atom. The van der Waals surface area contributed by atoms with Gasteiger partial charge in [-0.2, -0.15) is 5.10 Å². The Kier molecular flexibility index (Phi) is 3.95. The number of hydrogen-bond donors (Lipinski definition) is 2. The Hall–Kier alpha value is -2.96. The molecule has 1 aromatic heterocycles. The lowest BCUT2D eigenvalue weighted by atomic mass is 10.3.